The van der Waals surface area contributed by atoms with Crippen molar-refractivity contribution in [3.8, 4) is 0 Å². The fourth-order valence-corrected chi connectivity index (χ4v) is 2.88. The number of carbonyl (C=O) groups is 1. The number of hydrogen-bond donors (Lipinski definition) is 1. The summed E-state index contributed by atoms with van der Waals surface area (Å²) in [5.41, 5.74) is 0.911. The molecule has 0 fully saturated rings. The first-order valence-corrected chi connectivity index (χ1v) is 7.56. The van der Waals surface area contributed by atoms with E-state index >= 15 is 0 Å². The summed E-state index contributed by atoms with van der Waals surface area (Å²) in [4.78, 5) is 16.7. The second-order valence-electron chi connectivity index (χ2n) is 4.53. The number of carbonyl (C=O) groups excluding carboxylic acids is 1. The number of hydrogen-bond acceptors (Lipinski definition) is 3. The maximum absolute atomic E-state index is 12.6. The molecular formula is C16H14N2OS. The van der Waals surface area contributed by atoms with Crippen molar-refractivity contribution in [1.29, 1.82) is 0 Å². The summed E-state index contributed by atoms with van der Waals surface area (Å²) in [7, 11) is 0. The van der Waals surface area contributed by atoms with Crippen LogP contribution >= 0.6 is 11.8 Å². The molecule has 2 aromatic carbocycles. The van der Waals surface area contributed by atoms with E-state index in [-0.39, 0.29) is 5.91 Å². The minimum Gasteiger partial charge on any atom is -0.343 e. The van der Waals surface area contributed by atoms with Crippen LogP contribution in [0.15, 0.2) is 65.7 Å². The first kappa shape index (κ1) is 12.9. The third-order valence-electron chi connectivity index (χ3n) is 3.43. The number of amidine groups is 1. The van der Waals surface area contributed by atoms with Crippen molar-refractivity contribution in [2.75, 3.05) is 6.26 Å². The topological polar surface area (TPSA) is 41.5 Å². The van der Waals surface area contributed by atoms with Gasteiger partial charge in [-0.2, -0.15) is 4.99 Å². The molecule has 1 aliphatic heterocycles. The van der Waals surface area contributed by atoms with E-state index in [9.17, 15) is 4.79 Å². The average molecular weight is 282 g/mol. The Balaban J connectivity index is 2.18. The van der Waals surface area contributed by atoms with Crippen molar-refractivity contribution in [2.45, 2.75) is 5.54 Å². The lowest BCUT2D eigenvalue weighted by Crippen LogP contribution is -2.46. The molecule has 0 radical (unpaired) electrons. The van der Waals surface area contributed by atoms with Gasteiger partial charge in [0.2, 0.25) is 0 Å². The lowest BCUT2D eigenvalue weighted by molar-refractivity contribution is -0.121. The van der Waals surface area contributed by atoms with E-state index in [2.05, 4.69) is 10.3 Å². The summed E-state index contributed by atoms with van der Waals surface area (Å²) in [6.07, 6.45) is 1.91. The van der Waals surface area contributed by atoms with Gasteiger partial charge in [0.25, 0.3) is 5.91 Å². The molecule has 1 heterocycles. The normalized spacial score (nSPS) is 16.6. The fraction of sp³-hybridized carbons (Fsp3) is 0.125. The highest BCUT2D eigenvalue weighted by atomic mass is 32.2. The van der Waals surface area contributed by atoms with E-state index < -0.39 is 5.54 Å². The third kappa shape index (κ3) is 1.93. The second kappa shape index (κ2) is 5.13. The Labute approximate surface area is 122 Å². The summed E-state index contributed by atoms with van der Waals surface area (Å²) in [6.45, 7) is 0. The van der Waals surface area contributed by atoms with Gasteiger partial charge in [0.05, 0.1) is 0 Å². The van der Waals surface area contributed by atoms with Crippen LogP contribution in [0.3, 0.4) is 0 Å². The Kier molecular flexibility index (Phi) is 3.32. The first-order chi connectivity index (χ1) is 9.77. The summed E-state index contributed by atoms with van der Waals surface area (Å²) in [6, 6.07) is 19.5. The summed E-state index contributed by atoms with van der Waals surface area (Å²) in [5, 5.41) is 3.96. The molecule has 0 saturated heterocycles. The molecule has 0 spiro atoms. The number of nitrogens with one attached hydrogen (secondary N) is 1. The number of amides is 1. The van der Waals surface area contributed by atoms with Crippen LogP contribution < -0.4 is 5.32 Å². The summed E-state index contributed by atoms with van der Waals surface area (Å²) < 4.78 is 0. The number of rotatable bonds is 2. The highest BCUT2D eigenvalue weighted by Gasteiger charge is 2.46. The minimum absolute atomic E-state index is 0.167. The van der Waals surface area contributed by atoms with E-state index in [1.54, 1.807) is 0 Å². The average Bonchev–Trinajstić information content (AvgIpc) is 2.87. The molecule has 1 N–H and O–H groups in total. The van der Waals surface area contributed by atoms with Crippen LogP contribution in [0, 0.1) is 0 Å². The Hall–Kier alpha value is -2.07. The zero-order chi connectivity index (χ0) is 14.0. The third-order valence-corrected chi connectivity index (χ3v) is 4.01. The predicted octanol–water partition coefficient (Wildman–Crippen LogP) is 2.78. The van der Waals surface area contributed by atoms with Gasteiger partial charge >= 0.3 is 0 Å². The molecule has 0 bridgehead atoms. The van der Waals surface area contributed by atoms with Crippen molar-refractivity contribution in [3.05, 3.63) is 71.8 Å². The highest BCUT2D eigenvalue weighted by molar-refractivity contribution is 8.13. The Morgan fingerprint density at radius 1 is 0.950 bits per heavy atom. The van der Waals surface area contributed by atoms with Gasteiger partial charge in [0.1, 0.15) is 0 Å². The molecule has 20 heavy (non-hydrogen) atoms. The standard InChI is InChI=1S/C16H14N2OS/c1-20-15-17-14(19)16(18-15,12-8-4-2-5-9-12)13-10-6-3-7-11-13/h2-11H,1H3,(H,17,18,19). The number of benzene rings is 2. The van der Waals surface area contributed by atoms with Crippen LogP contribution in [0.25, 0.3) is 0 Å². The van der Waals surface area contributed by atoms with E-state index in [4.69, 9.17) is 0 Å². The molecule has 3 nitrogen and oxygen atoms in total. The van der Waals surface area contributed by atoms with Gasteiger partial charge in [-0.1, -0.05) is 72.4 Å². The van der Waals surface area contributed by atoms with Gasteiger partial charge in [-0.25, -0.2) is 0 Å². The Morgan fingerprint density at radius 2 is 1.45 bits per heavy atom. The van der Waals surface area contributed by atoms with E-state index in [1.165, 1.54) is 11.8 Å². The summed E-state index contributed by atoms with van der Waals surface area (Å²) >= 11 is 1.45. The zero-order valence-electron chi connectivity index (χ0n) is 11.0. The van der Waals surface area contributed by atoms with Gasteiger partial charge in [-0.3, -0.25) is 4.79 Å². The zero-order valence-corrected chi connectivity index (χ0v) is 11.9. The fourth-order valence-electron chi connectivity index (χ4n) is 2.45. The van der Waals surface area contributed by atoms with Gasteiger partial charge in [0, 0.05) is 0 Å². The molecule has 3 rings (SSSR count). The lowest BCUT2D eigenvalue weighted by atomic mass is 9.83. The molecule has 0 aliphatic carbocycles. The largest absolute Gasteiger partial charge is 0.343 e. The van der Waals surface area contributed by atoms with E-state index in [0.29, 0.717) is 5.17 Å². The molecule has 100 valence electrons. The molecule has 0 unspecified atom stereocenters. The number of aliphatic imine (C=N–C) groups is 1. The van der Waals surface area contributed by atoms with Crippen LogP contribution in [-0.2, 0) is 10.3 Å². The number of thioether (sulfide) groups is 1. The van der Waals surface area contributed by atoms with Crippen LogP contribution in [0.4, 0.5) is 0 Å². The molecule has 4 heteroatoms. The lowest BCUT2D eigenvalue weighted by Gasteiger charge is -2.28. The Bertz CT molecular complexity index is 613. The minimum atomic E-state index is -0.902. The second-order valence-corrected chi connectivity index (χ2v) is 5.33. The van der Waals surface area contributed by atoms with Crippen LogP contribution in [0.5, 0.6) is 0 Å². The monoisotopic (exact) mass is 282 g/mol. The van der Waals surface area contributed by atoms with Crippen molar-refractivity contribution in [2.24, 2.45) is 4.99 Å². The van der Waals surface area contributed by atoms with Gasteiger partial charge in [-0.15, -0.1) is 0 Å². The van der Waals surface area contributed by atoms with Crippen molar-refractivity contribution in [1.82, 2.24) is 5.32 Å². The van der Waals surface area contributed by atoms with Crippen molar-refractivity contribution >= 4 is 22.8 Å². The Morgan fingerprint density at radius 3 is 1.85 bits per heavy atom. The molecule has 1 aliphatic rings. The molecular weight excluding hydrogens is 268 g/mol. The molecule has 0 atom stereocenters. The van der Waals surface area contributed by atoms with Gasteiger partial charge in [-0.05, 0) is 17.4 Å². The number of nitrogens with zero attached hydrogens (tertiary/aromatic N) is 1. The van der Waals surface area contributed by atoms with Gasteiger partial charge < -0.3 is 5.32 Å². The SMILES string of the molecule is CSC1=NC(=O)C(c2ccccc2)(c2ccccc2)N1. The highest BCUT2D eigenvalue weighted by Crippen LogP contribution is 2.35. The van der Waals surface area contributed by atoms with Gasteiger partial charge in [0.15, 0.2) is 10.7 Å². The van der Waals surface area contributed by atoms with Crippen LogP contribution in [-0.4, -0.2) is 17.3 Å². The maximum atomic E-state index is 12.6. The molecule has 2 aromatic rings. The molecule has 0 aromatic heterocycles. The summed E-state index contributed by atoms with van der Waals surface area (Å²) in [5.74, 6) is -0.167. The van der Waals surface area contributed by atoms with Crippen molar-refractivity contribution in [3.63, 3.8) is 0 Å². The quantitative estimate of drug-likeness (QED) is 0.921. The smallest absolute Gasteiger partial charge is 0.283 e. The van der Waals surface area contributed by atoms with E-state index in [1.807, 2.05) is 66.9 Å². The molecule has 0 saturated carbocycles. The van der Waals surface area contributed by atoms with Crippen molar-refractivity contribution < 1.29 is 4.79 Å². The first-order valence-electron chi connectivity index (χ1n) is 6.34. The van der Waals surface area contributed by atoms with E-state index in [0.717, 1.165) is 11.1 Å². The molecule has 1 amide bonds. The van der Waals surface area contributed by atoms with Crippen LogP contribution in [0.2, 0.25) is 0 Å². The predicted molar refractivity (Wildman–Crippen MR) is 82.8 cm³/mol. The van der Waals surface area contributed by atoms with Crippen LogP contribution in [0.1, 0.15) is 11.1 Å². The maximum Gasteiger partial charge on any atom is 0.283 e.